The first-order valence-electron chi connectivity index (χ1n) is 6.32. The third-order valence-corrected chi connectivity index (χ3v) is 3.44. The van der Waals surface area contributed by atoms with Gasteiger partial charge >= 0.3 is 0 Å². The number of epoxide rings is 1. The second kappa shape index (κ2) is 5.48. The van der Waals surface area contributed by atoms with Crippen LogP contribution in [0.5, 0.6) is 0 Å². The van der Waals surface area contributed by atoms with Gasteiger partial charge in [-0.05, 0) is 12.8 Å². The predicted octanol–water partition coefficient (Wildman–Crippen LogP) is 1.98. The van der Waals surface area contributed by atoms with Gasteiger partial charge in [0.05, 0.1) is 12.7 Å². The molecular formula is C13H21NO2. The van der Waals surface area contributed by atoms with Gasteiger partial charge in [0.1, 0.15) is 0 Å². The first-order valence-corrected chi connectivity index (χ1v) is 6.32. The van der Waals surface area contributed by atoms with Crippen LogP contribution in [0.2, 0.25) is 0 Å². The van der Waals surface area contributed by atoms with E-state index < -0.39 is 0 Å². The van der Waals surface area contributed by atoms with Gasteiger partial charge in [0.15, 0.2) is 0 Å². The summed E-state index contributed by atoms with van der Waals surface area (Å²) in [5.41, 5.74) is 0. The number of rotatable bonds is 5. The Morgan fingerprint density at radius 3 is 2.62 bits per heavy atom. The molecular weight excluding hydrogens is 202 g/mol. The van der Waals surface area contributed by atoms with Crippen molar-refractivity contribution in [2.24, 2.45) is 5.92 Å². The zero-order valence-corrected chi connectivity index (χ0v) is 9.86. The van der Waals surface area contributed by atoms with Gasteiger partial charge in [-0.15, -0.1) is 6.58 Å². The first kappa shape index (κ1) is 11.6. The van der Waals surface area contributed by atoms with Crippen molar-refractivity contribution in [2.45, 2.75) is 38.2 Å². The Morgan fingerprint density at radius 1 is 1.38 bits per heavy atom. The van der Waals surface area contributed by atoms with Crippen LogP contribution in [0.15, 0.2) is 12.7 Å². The SMILES string of the molecule is C=CCN(CC1CO1)C(=O)C1CCCCC1. The average molecular weight is 223 g/mol. The van der Waals surface area contributed by atoms with Crippen molar-refractivity contribution in [3.8, 4) is 0 Å². The quantitative estimate of drug-likeness (QED) is 0.527. The van der Waals surface area contributed by atoms with Gasteiger partial charge in [0, 0.05) is 19.0 Å². The molecule has 0 aromatic carbocycles. The highest BCUT2D eigenvalue weighted by Crippen LogP contribution is 2.26. The molecule has 0 aromatic rings. The lowest BCUT2D eigenvalue weighted by Gasteiger charge is -2.28. The number of hydrogen-bond acceptors (Lipinski definition) is 2. The van der Waals surface area contributed by atoms with Crippen LogP contribution in [-0.4, -0.2) is 36.6 Å². The Hall–Kier alpha value is -0.830. The van der Waals surface area contributed by atoms with Crippen molar-refractivity contribution < 1.29 is 9.53 Å². The smallest absolute Gasteiger partial charge is 0.226 e. The Balaban J connectivity index is 1.88. The molecule has 1 amide bonds. The van der Waals surface area contributed by atoms with E-state index >= 15 is 0 Å². The molecule has 0 bridgehead atoms. The number of carbonyl (C=O) groups is 1. The fourth-order valence-corrected chi connectivity index (χ4v) is 2.44. The fourth-order valence-electron chi connectivity index (χ4n) is 2.44. The molecule has 16 heavy (non-hydrogen) atoms. The summed E-state index contributed by atoms with van der Waals surface area (Å²) in [5.74, 6) is 0.572. The number of carbonyl (C=O) groups excluding carboxylic acids is 1. The highest BCUT2D eigenvalue weighted by molar-refractivity contribution is 5.79. The van der Waals surface area contributed by atoms with Crippen LogP contribution in [0.25, 0.3) is 0 Å². The molecule has 0 spiro atoms. The Kier molecular flexibility index (Phi) is 3.99. The lowest BCUT2D eigenvalue weighted by molar-refractivity contribution is -0.136. The molecule has 1 aliphatic carbocycles. The molecule has 2 fully saturated rings. The van der Waals surface area contributed by atoms with Gasteiger partial charge in [0.25, 0.3) is 0 Å². The summed E-state index contributed by atoms with van der Waals surface area (Å²) in [5, 5.41) is 0. The molecule has 90 valence electrons. The predicted molar refractivity (Wildman–Crippen MR) is 63.1 cm³/mol. The minimum atomic E-state index is 0.257. The molecule has 1 aliphatic heterocycles. The van der Waals surface area contributed by atoms with E-state index in [9.17, 15) is 4.79 Å². The van der Waals surface area contributed by atoms with E-state index in [2.05, 4.69) is 6.58 Å². The maximum atomic E-state index is 12.3. The van der Waals surface area contributed by atoms with Crippen molar-refractivity contribution in [1.82, 2.24) is 4.90 Å². The van der Waals surface area contributed by atoms with Gasteiger partial charge in [-0.1, -0.05) is 25.3 Å². The largest absolute Gasteiger partial charge is 0.371 e. The Morgan fingerprint density at radius 2 is 2.06 bits per heavy atom. The summed E-state index contributed by atoms with van der Waals surface area (Å²) in [7, 11) is 0. The highest BCUT2D eigenvalue weighted by atomic mass is 16.6. The van der Waals surface area contributed by atoms with Crippen molar-refractivity contribution in [3.05, 3.63) is 12.7 Å². The summed E-state index contributed by atoms with van der Waals surface area (Å²) in [6.45, 7) is 5.95. The molecule has 1 saturated carbocycles. The van der Waals surface area contributed by atoms with Crippen LogP contribution in [0.3, 0.4) is 0 Å². The van der Waals surface area contributed by atoms with E-state index in [1.54, 1.807) is 0 Å². The zero-order valence-electron chi connectivity index (χ0n) is 9.86. The number of ether oxygens (including phenoxy) is 1. The highest BCUT2D eigenvalue weighted by Gasteiger charge is 2.31. The molecule has 1 saturated heterocycles. The van der Waals surface area contributed by atoms with Crippen molar-refractivity contribution >= 4 is 5.91 Å². The lowest BCUT2D eigenvalue weighted by Crippen LogP contribution is -2.39. The topological polar surface area (TPSA) is 32.8 Å². The van der Waals surface area contributed by atoms with Crippen molar-refractivity contribution in [2.75, 3.05) is 19.7 Å². The zero-order chi connectivity index (χ0) is 11.4. The molecule has 0 aromatic heterocycles. The van der Waals surface area contributed by atoms with E-state index in [-0.39, 0.29) is 12.0 Å². The molecule has 1 unspecified atom stereocenters. The number of nitrogens with zero attached hydrogens (tertiary/aromatic N) is 1. The van der Waals surface area contributed by atoms with Gasteiger partial charge in [-0.3, -0.25) is 4.79 Å². The van der Waals surface area contributed by atoms with Crippen LogP contribution in [-0.2, 0) is 9.53 Å². The molecule has 1 atom stereocenters. The van der Waals surface area contributed by atoms with Crippen LogP contribution >= 0.6 is 0 Å². The van der Waals surface area contributed by atoms with E-state index in [0.29, 0.717) is 12.5 Å². The number of amides is 1. The fraction of sp³-hybridized carbons (Fsp3) is 0.769. The minimum Gasteiger partial charge on any atom is -0.371 e. The van der Waals surface area contributed by atoms with Gasteiger partial charge < -0.3 is 9.64 Å². The van der Waals surface area contributed by atoms with Crippen LogP contribution < -0.4 is 0 Å². The Bertz CT molecular complexity index is 255. The molecule has 0 radical (unpaired) electrons. The summed E-state index contributed by atoms with van der Waals surface area (Å²) >= 11 is 0. The van der Waals surface area contributed by atoms with E-state index in [0.717, 1.165) is 26.0 Å². The molecule has 0 N–H and O–H groups in total. The second-order valence-electron chi connectivity index (χ2n) is 4.82. The third kappa shape index (κ3) is 3.08. The summed E-state index contributed by atoms with van der Waals surface area (Å²) < 4.78 is 5.19. The third-order valence-electron chi connectivity index (χ3n) is 3.44. The minimum absolute atomic E-state index is 0.257. The summed E-state index contributed by atoms with van der Waals surface area (Å²) in [6.07, 6.45) is 7.93. The maximum Gasteiger partial charge on any atom is 0.226 e. The second-order valence-corrected chi connectivity index (χ2v) is 4.82. The first-order chi connectivity index (χ1) is 7.81. The Labute approximate surface area is 97.5 Å². The van der Waals surface area contributed by atoms with Crippen LogP contribution in [0.4, 0.5) is 0 Å². The maximum absolute atomic E-state index is 12.3. The van der Waals surface area contributed by atoms with Crippen LogP contribution in [0.1, 0.15) is 32.1 Å². The van der Waals surface area contributed by atoms with Crippen molar-refractivity contribution in [1.29, 1.82) is 0 Å². The molecule has 2 rings (SSSR count). The summed E-state index contributed by atoms with van der Waals surface area (Å²) in [4.78, 5) is 14.2. The van der Waals surface area contributed by atoms with Crippen LogP contribution in [0, 0.1) is 5.92 Å². The normalized spacial score (nSPS) is 25.1. The van der Waals surface area contributed by atoms with Gasteiger partial charge in [-0.2, -0.15) is 0 Å². The monoisotopic (exact) mass is 223 g/mol. The average Bonchev–Trinajstić information content (AvgIpc) is 3.13. The van der Waals surface area contributed by atoms with Gasteiger partial charge in [-0.25, -0.2) is 0 Å². The standard InChI is InChI=1S/C13H21NO2/c1-2-8-14(9-12-10-16-12)13(15)11-6-4-3-5-7-11/h2,11-12H,1,3-10H2. The molecule has 3 nitrogen and oxygen atoms in total. The lowest BCUT2D eigenvalue weighted by atomic mass is 9.88. The molecule has 3 heteroatoms. The van der Waals surface area contributed by atoms with E-state index in [1.807, 2.05) is 11.0 Å². The van der Waals surface area contributed by atoms with E-state index in [4.69, 9.17) is 4.74 Å². The van der Waals surface area contributed by atoms with Crippen molar-refractivity contribution in [3.63, 3.8) is 0 Å². The van der Waals surface area contributed by atoms with Gasteiger partial charge in [0.2, 0.25) is 5.91 Å². The summed E-state index contributed by atoms with van der Waals surface area (Å²) in [6, 6.07) is 0. The molecule has 1 heterocycles. The van der Waals surface area contributed by atoms with E-state index in [1.165, 1.54) is 19.3 Å². The molecule has 2 aliphatic rings. The number of hydrogen-bond donors (Lipinski definition) is 0.